The fourth-order valence-corrected chi connectivity index (χ4v) is 1.73. The molecule has 0 unspecified atom stereocenters. The molecule has 2 rings (SSSR count). The number of nitrogens with one attached hydrogen (secondary N) is 2. The molecule has 0 radical (unpaired) electrons. The Morgan fingerprint density at radius 3 is 2.71 bits per heavy atom. The van der Waals surface area contributed by atoms with E-state index in [9.17, 15) is 4.79 Å². The largest absolute Gasteiger partial charge is 0.289 e. The first-order valence-electron chi connectivity index (χ1n) is 5.02. The molecule has 1 aromatic carbocycles. The number of hydrogen-bond donors (Lipinski definition) is 2. The zero-order valence-corrected chi connectivity index (χ0v) is 10.2. The van der Waals surface area contributed by atoms with E-state index in [2.05, 4.69) is 20.5 Å². The van der Waals surface area contributed by atoms with Crippen molar-refractivity contribution in [3.05, 3.63) is 40.2 Å². The maximum absolute atomic E-state index is 11.9. The molecule has 1 heterocycles. The van der Waals surface area contributed by atoms with Crippen LogP contribution in [-0.4, -0.2) is 21.1 Å². The van der Waals surface area contributed by atoms with Crippen molar-refractivity contribution in [2.45, 2.75) is 13.8 Å². The topological polar surface area (TPSA) is 70.7 Å². The van der Waals surface area contributed by atoms with Crippen molar-refractivity contribution in [1.82, 2.24) is 15.2 Å². The Labute approximate surface area is 103 Å². The quantitative estimate of drug-likeness (QED) is 0.859. The molecule has 0 saturated heterocycles. The number of halogens is 1. The number of anilines is 1. The van der Waals surface area contributed by atoms with Gasteiger partial charge in [-0.3, -0.25) is 15.2 Å². The Bertz CT molecular complexity index is 544. The van der Waals surface area contributed by atoms with Crippen LogP contribution >= 0.6 is 11.6 Å². The number of benzene rings is 1. The number of carbonyl (C=O) groups is 1. The summed E-state index contributed by atoms with van der Waals surface area (Å²) in [4.78, 5) is 15.9. The van der Waals surface area contributed by atoms with Crippen molar-refractivity contribution in [2.24, 2.45) is 0 Å². The van der Waals surface area contributed by atoms with Gasteiger partial charge in [0.1, 0.15) is 5.82 Å². The maximum Gasteiger partial charge on any atom is 0.258 e. The smallest absolute Gasteiger partial charge is 0.258 e. The molecule has 1 amide bonds. The number of hydrogen-bond acceptors (Lipinski definition) is 3. The van der Waals surface area contributed by atoms with Crippen LogP contribution in [0.15, 0.2) is 18.2 Å². The average molecular weight is 251 g/mol. The molecule has 6 heteroatoms. The first-order chi connectivity index (χ1) is 8.04. The number of carbonyl (C=O) groups excluding carboxylic acids is 1. The molecular formula is C11H11ClN4O. The summed E-state index contributed by atoms with van der Waals surface area (Å²) in [5.74, 6) is 0.613. The van der Waals surface area contributed by atoms with E-state index in [0.717, 1.165) is 5.56 Å². The molecule has 88 valence electrons. The second-order valence-corrected chi connectivity index (χ2v) is 4.15. The minimum atomic E-state index is -0.283. The van der Waals surface area contributed by atoms with E-state index >= 15 is 0 Å². The molecule has 0 aliphatic heterocycles. The fourth-order valence-electron chi connectivity index (χ4n) is 1.44. The van der Waals surface area contributed by atoms with Crippen LogP contribution in [-0.2, 0) is 0 Å². The molecule has 5 nitrogen and oxygen atoms in total. The Morgan fingerprint density at radius 2 is 2.12 bits per heavy atom. The molecule has 1 aromatic heterocycles. The molecule has 0 bridgehead atoms. The van der Waals surface area contributed by atoms with E-state index in [1.165, 1.54) is 0 Å². The average Bonchev–Trinajstić information content (AvgIpc) is 2.62. The Balaban J connectivity index is 2.19. The third-order valence-corrected chi connectivity index (χ3v) is 2.35. The van der Waals surface area contributed by atoms with Crippen LogP contribution in [0.5, 0.6) is 0 Å². The SMILES string of the molecule is Cc1cc(Cl)cc(C(=O)Nc2n[nH]c(C)n2)c1. The van der Waals surface area contributed by atoms with Crippen LogP contribution in [0.3, 0.4) is 0 Å². The predicted molar refractivity (Wildman–Crippen MR) is 65.3 cm³/mol. The van der Waals surface area contributed by atoms with Gasteiger partial charge in [-0.25, -0.2) is 0 Å². The maximum atomic E-state index is 11.9. The van der Waals surface area contributed by atoms with E-state index in [0.29, 0.717) is 16.4 Å². The minimum Gasteiger partial charge on any atom is -0.289 e. The highest BCUT2D eigenvalue weighted by Gasteiger charge is 2.09. The van der Waals surface area contributed by atoms with Gasteiger partial charge in [0.15, 0.2) is 0 Å². The number of aromatic nitrogens is 3. The molecule has 0 aliphatic carbocycles. The van der Waals surface area contributed by atoms with E-state index in [4.69, 9.17) is 11.6 Å². The van der Waals surface area contributed by atoms with Gasteiger partial charge in [-0.15, -0.1) is 5.10 Å². The van der Waals surface area contributed by atoms with Crippen molar-refractivity contribution < 1.29 is 4.79 Å². The number of nitrogens with zero attached hydrogens (tertiary/aromatic N) is 2. The van der Waals surface area contributed by atoms with Crippen LogP contribution in [0.2, 0.25) is 5.02 Å². The van der Waals surface area contributed by atoms with E-state index < -0.39 is 0 Å². The third kappa shape index (κ3) is 2.82. The van der Waals surface area contributed by atoms with Crippen LogP contribution in [0, 0.1) is 13.8 Å². The van der Waals surface area contributed by atoms with E-state index in [1.54, 1.807) is 25.1 Å². The third-order valence-electron chi connectivity index (χ3n) is 2.13. The molecule has 2 N–H and O–H groups in total. The number of aryl methyl sites for hydroxylation is 2. The van der Waals surface area contributed by atoms with Gasteiger partial charge >= 0.3 is 0 Å². The molecule has 0 spiro atoms. The highest BCUT2D eigenvalue weighted by molar-refractivity contribution is 6.31. The van der Waals surface area contributed by atoms with Crippen molar-refractivity contribution in [2.75, 3.05) is 5.32 Å². The van der Waals surface area contributed by atoms with Gasteiger partial charge in [0, 0.05) is 10.6 Å². The minimum absolute atomic E-state index is 0.255. The monoisotopic (exact) mass is 250 g/mol. The zero-order chi connectivity index (χ0) is 12.4. The molecular weight excluding hydrogens is 240 g/mol. The van der Waals surface area contributed by atoms with Gasteiger partial charge in [0.05, 0.1) is 0 Å². The van der Waals surface area contributed by atoms with Crippen molar-refractivity contribution in [3.63, 3.8) is 0 Å². The summed E-state index contributed by atoms with van der Waals surface area (Å²) in [5, 5.41) is 9.58. The second-order valence-electron chi connectivity index (χ2n) is 3.72. The lowest BCUT2D eigenvalue weighted by molar-refractivity contribution is 0.102. The summed E-state index contributed by atoms with van der Waals surface area (Å²) in [7, 11) is 0. The first kappa shape index (κ1) is 11.6. The highest BCUT2D eigenvalue weighted by atomic mass is 35.5. The number of aromatic amines is 1. The number of H-pyrrole nitrogens is 1. The lowest BCUT2D eigenvalue weighted by Crippen LogP contribution is -2.13. The molecule has 0 aliphatic rings. The summed E-state index contributed by atoms with van der Waals surface area (Å²) in [6, 6.07) is 5.14. The van der Waals surface area contributed by atoms with Gasteiger partial charge < -0.3 is 0 Å². The number of amides is 1. The molecule has 0 saturated carbocycles. The first-order valence-corrected chi connectivity index (χ1v) is 5.40. The van der Waals surface area contributed by atoms with Crippen LogP contribution in [0.25, 0.3) is 0 Å². The lowest BCUT2D eigenvalue weighted by Gasteiger charge is -2.03. The normalized spacial score (nSPS) is 10.3. The Kier molecular flexibility index (Phi) is 3.10. The molecule has 17 heavy (non-hydrogen) atoms. The molecule has 2 aromatic rings. The zero-order valence-electron chi connectivity index (χ0n) is 9.41. The van der Waals surface area contributed by atoms with Crippen LogP contribution < -0.4 is 5.32 Å². The Hall–Kier alpha value is -1.88. The summed E-state index contributed by atoms with van der Waals surface area (Å²) in [6.07, 6.45) is 0. The van der Waals surface area contributed by atoms with Crippen molar-refractivity contribution >= 4 is 23.5 Å². The summed E-state index contributed by atoms with van der Waals surface area (Å²) < 4.78 is 0. The molecule has 0 atom stereocenters. The van der Waals surface area contributed by atoms with Gasteiger partial charge in [-0.1, -0.05) is 11.6 Å². The van der Waals surface area contributed by atoms with E-state index in [1.807, 2.05) is 6.92 Å². The molecule has 0 fully saturated rings. The van der Waals surface area contributed by atoms with Crippen LogP contribution in [0.1, 0.15) is 21.7 Å². The van der Waals surface area contributed by atoms with Gasteiger partial charge in [0.25, 0.3) is 5.91 Å². The summed E-state index contributed by atoms with van der Waals surface area (Å²) >= 11 is 5.88. The number of rotatable bonds is 2. The van der Waals surface area contributed by atoms with Crippen molar-refractivity contribution in [1.29, 1.82) is 0 Å². The van der Waals surface area contributed by atoms with Gasteiger partial charge in [0.2, 0.25) is 5.95 Å². The van der Waals surface area contributed by atoms with E-state index in [-0.39, 0.29) is 11.9 Å². The van der Waals surface area contributed by atoms with Crippen LogP contribution in [0.4, 0.5) is 5.95 Å². The summed E-state index contributed by atoms with van der Waals surface area (Å²) in [6.45, 7) is 3.63. The fraction of sp³-hybridized carbons (Fsp3) is 0.182. The second kappa shape index (κ2) is 4.55. The van der Waals surface area contributed by atoms with Crippen molar-refractivity contribution in [3.8, 4) is 0 Å². The predicted octanol–water partition coefficient (Wildman–Crippen LogP) is 2.33. The Morgan fingerprint density at radius 1 is 1.35 bits per heavy atom. The standard InChI is InChI=1S/C11H11ClN4O/c1-6-3-8(5-9(12)4-6)10(17)14-11-13-7(2)15-16-11/h3-5H,1-2H3,(H2,13,14,15,16,17). The van der Waals surface area contributed by atoms with Gasteiger partial charge in [-0.2, -0.15) is 4.98 Å². The summed E-state index contributed by atoms with van der Waals surface area (Å²) in [5.41, 5.74) is 1.41. The highest BCUT2D eigenvalue weighted by Crippen LogP contribution is 2.15. The lowest BCUT2D eigenvalue weighted by atomic mass is 10.1. The van der Waals surface area contributed by atoms with Gasteiger partial charge in [-0.05, 0) is 37.6 Å².